The predicted octanol–water partition coefficient (Wildman–Crippen LogP) is 3.04. The number of aliphatic carboxylic acids is 1. The highest BCUT2D eigenvalue weighted by Gasteiger charge is 2.35. The predicted molar refractivity (Wildman–Crippen MR) is 72.3 cm³/mol. The molecule has 0 aromatic heterocycles. The smallest absolute Gasteiger partial charge is 0.407 e. The molecular formula is C14H23F2NO4. The van der Waals surface area contributed by atoms with Gasteiger partial charge in [0.2, 0.25) is 5.92 Å². The minimum absolute atomic E-state index is 0.0515. The Morgan fingerprint density at radius 2 is 1.90 bits per heavy atom. The lowest BCUT2D eigenvalue weighted by Crippen LogP contribution is -2.42. The molecule has 122 valence electrons. The van der Waals surface area contributed by atoms with E-state index in [9.17, 15) is 18.4 Å². The van der Waals surface area contributed by atoms with E-state index >= 15 is 0 Å². The second-order valence-electron chi connectivity index (χ2n) is 6.06. The summed E-state index contributed by atoms with van der Waals surface area (Å²) in [5.41, 5.74) is 0. The molecule has 1 fully saturated rings. The van der Waals surface area contributed by atoms with E-state index in [1.165, 1.54) is 0 Å². The average molecular weight is 307 g/mol. The maximum absolute atomic E-state index is 13.0. The number of rotatable bonds is 6. The third-order valence-electron chi connectivity index (χ3n) is 3.58. The Balaban J connectivity index is 2.31. The number of ether oxygens (including phenoxy) is 1. The number of carboxylic acids is 1. The van der Waals surface area contributed by atoms with Crippen LogP contribution in [0.2, 0.25) is 0 Å². The standard InChI is InChI=1S/C14H23F2NO4/c1-9(2)7-11(12(18)19)17-13(20)21-8-10-3-5-14(15,16)6-4-10/h9-11H,3-8H2,1-2H3,(H,17,20)(H,18,19). The van der Waals surface area contributed by atoms with Gasteiger partial charge in [0, 0.05) is 12.8 Å². The number of carbonyl (C=O) groups excluding carboxylic acids is 1. The Labute approximate surface area is 123 Å². The van der Waals surface area contributed by atoms with Gasteiger partial charge in [-0.05, 0) is 31.1 Å². The monoisotopic (exact) mass is 307 g/mol. The molecule has 0 aromatic rings. The van der Waals surface area contributed by atoms with Crippen LogP contribution in [0.15, 0.2) is 0 Å². The molecule has 1 saturated carbocycles. The van der Waals surface area contributed by atoms with Gasteiger partial charge in [-0.15, -0.1) is 0 Å². The summed E-state index contributed by atoms with van der Waals surface area (Å²) >= 11 is 0. The fourth-order valence-electron chi connectivity index (χ4n) is 2.34. The summed E-state index contributed by atoms with van der Waals surface area (Å²) in [6.45, 7) is 3.76. The van der Waals surface area contributed by atoms with E-state index in [4.69, 9.17) is 9.84 Å². The lowest BCUT2D eigenvalue weighted by molar-refractivity contribution is -0.139. The second-order valence-corrected chi connectivity index (χ2v) is 6.06. The molecule has 5 nitrogen and oxygen atoms in total. The third-order valence-corrected chi connectivity index (χ3v) is 3.58. The van der Waals surface area contributed by atoms with E-state index in [1.54, 1.807) is 0 Å². The molecule has 0 aliphatic heterocycles. The third kappa shape index (κ3) is 6.73. The number of hydrogen-bond donors (Lipinski definition) is 2. The van der Waals surface area contributed by atoms with Crippen molar-refractivity contribution in [3.63, 3.8) is 0 Å². The molecule has 1 atom stereocenters. The van der Waals surface area contributed by atoms with Gasteiger partial charge in [-0.2, -0.15) is 0 Å². The number of carboxylic acid groups (broad SMARTS) is 1. The molecule has 1 aliphatic carbocycles. The maximum Gasteiger partial charge on any atom is 0.407 e. The van der Waals surface area contributed by atoms with Crippen LogP contribution in [-0.4, -0.2) is 35.7 Å². The van der Waals surface area contributed by atoms with Crippen molar-refractivity contribution >= 4 is 12.1 Å². The SMILES string of the molecule is CC(C)CC(NC(=O)OCC1CCC(F)(F)CC1)C(=O)O. The van der Waals surface area contributed by atoms with Crippen molar-refractivity contribution in [1.29, 1.82) is 0 Å². The van der Waals surface area contributed by atoms with Crippen molar-refractivity contribution in [2.45, 2.75) is 57.9 Å². The first-order chi connectivity index (χ1) is 9.69. The number of alkyl halides is 2. The molecule has 1 unspecified atom stereocenters. The molecule has 0 aromatic carbocycles. The van der Waals surface area contributed by atoms with Crippen molar-refractivity contribution in [3.05, 3.63) is 0 Å². The van der Waals surface area contributed by atoms with Crippen molar-refractivity contribution in [2.24, 2.45) is 11.8 Å². The number of halogens is 2. The minimum atomic E-state index is -2.61. The van der Waals surface area contributed by atoms with Crippen LogP contribution in [0.25, 0.3) is 0 Å². The zero-order valence-electron chi connectivity index (χ0n) is 12.4. The molecular weight excluding hydrogens is 284 g/mol. The molecule has 1 amide bonds. The van der Waals surface area contributed by atoms with Crippen LogP contribution in [0.3, 0.4) is 0 Å². The van der Waals surface area contributed by atoms with E-state index in [2.05, 4.69) is 5.32 Å². The quantitative estimate of drug-likeness (QED) is 0.791. The largest absolute Gasteiger partial charge is 0.480 e. The van der Waals surface area contributed by atoms with Gasteiger partial charge in [0.1, 0.15) is 6.04 Å². The van der Waals surface area contributed by atoms with Crippen LogP contribution in [-0.2, 0) is 9.53 Å². The summed E-state index contributed by atoms with van der Waals surface area (Å²) in [7, 11) is 0. The van der Waals surface area contributed by atoms with E-state index in [-0.39, 0.29) is 31.3 Å². The van der Waals surface area contributed by atoms with Crippen molar-refractivity contribution in [1.82, 2.24) is 5.32 Å². The van der Waals surface area contributed by atoms with E-state index in [0.29, 0.717) is 19.3 Å². The number of nitrogens with one attached hydrogen (secondary N) is 1. The Bertz CT molecular complexity index is 364. The molecule has 0 saturated heterocycles. The van der Waals surface area contributed by atoms with Crippen LogP contribution in [0.5, 0.6) is 0 Å². The van der Waals surface area contributed by atoms with Gasteiger partial charge in [-0.3, -0.25) is 0 Å². The lowest BCUT2D eigenvalue weighted by atomic mass is 9.87. The van der Waals surface area contributed by atoms with E-state index in [1.807, 2.05) is 13.8 Å². The van der Waals surface area contributed by atoms with Crippen molar-refractivity contribution in [3.8, 4) is 0 Å². The summed E-state index contributed by atoms with van der Waals surface area (Å²) < 4.78 is 30.9. The first kappa shape index (κ1) is 17.7. The number of amides is 1. The number of hydrogen-bond acceptors (Lipinski definition) is 3. The van der Waals surface area contributed by atoms with E-state index < -0.39 is 24.0 Å². The Morgan fingerprint density at radius 3 is 2.38 bits per heavy atom. The number of alkyl carbamates (subject to hydrolysis) is 1. The van der Waals surface area contributed by atoms with Crippen molar-refractivity contribution in [2.75, 3.05) is 6.61 Å². The highest BCUT2D eigenvalue weighted by molar-refractivity contribution is 5.79. The van der Waals surface area contributed by atoms with Crippen LogP contribution in [0, 0.1) is 11.8 Å². The van der Waals surface area contributed by atoms with Crippen LogP contribution < -0.4 is 5.32 Å². The van der Waals surface area contributed by atoms with Crippen molar-refractivity contribution < 1.29 is 28.2 Å². The zero-order valence-corrected chi connectivity index (χ0v) is 12.4. The van der Waals surface area contributed by atoms with Gasteiger partial charge in [0.05, 0.1) is 6.61 Å². The molecule has 0 bridgehead atoms. The summed E-state index contributed by atoms with van der Waals surface area (Å²) in [6.07, 6.45) is -0.245. The van der Waals surface area contributed by atoms with Gasteiger partial charge in [-0.25, -0.2) is 18.4 Å². The first-order valence-electron chi connectivity index (χ1n) is 7.23. The molecule has 0 spiro atoms. The normalized spacial score (nSPS) is 20.0. The van der Waals surface area contributed by atoms with E-state index in [0.717, 1.165) is 0 Å². The highest BCUT2D eigenvalue weighted by Crippen LogP contribution is 2.36. The lowest BCUT2D eigenvalue weighted by Gasteiger charge is -2.27. The van der Waals surface area contributed by atoms with Gasteiger partial charge in [0.25, 0.3) is 0 Å². The van der Waals surface area contributed by atoms with Crippen LogP contribution in [0.4, 0.5) is 13.6 Å². The van der Waals surface area contributed by atoms with Gasteiger partial charge >= 0.3 is 12.1 Å². The zero-order chi connectivity index (χ0) is 16.0. The molecule has 1 rings (SSSR count). The second kappa shape index (κ2) is 7.56. The molecule has 1 aliphatic rings. The first-order valence-corrected chi connectivity index (χ1v) is 7.23. The minimum Gasteiger partial charge on any atom is -0.480 e. The maximum atomic E-state index is 13.0. The summed E-state index contributed by atoms with van der Waals surface area (Å²) in [4.78, 5) is 22.6. The Morgan fingerprint density at radius 1 is 1.33 bits per heavy atom. The molecule has 2 N–H and O–H groups in total. The average Bonchev–Trinajstić information content (AvgIpc) is 2.36. The summed E-state index contributed by atoms with van der Waals surface area (Å²) in [6, 6.07) is -0.992. The van der Waals surface area contributed by atoms with Gasteiger partial charge in [0.15, 0.2) is 0 Å². The topological polar surface area (TPSA) is 75.6 Å². The van der Waals surface area contributed by atoms with Gasteiger partial charge < -0.3 is 15.2 Å². The van der Waals surface area contributed by atoms with Gasteiger partial charge in [-0.1, -0.05) is 13.8 Å². The molecule has 21 heavy (non-hydrogen) atoms. The Kier molecular flexibility index (Phi) is 6.36. The fourth-order valence-corrected chi connectivity index (χ4v) is 2.34. The molecule has 0 heterocycles. The summed E-state index contributed by atoms with van der Waals surface area (Å²) in [5, 5.41) is 11.3. The molecule has 7 heteroatoms. The Hall–Kier alpha value is -1.40. The fraction of sp³-hybridized carbons (Fsp3) is 0.857. The number of carbonyl (C=O) groups is 2. The summed E-state index contributed by atoms with van der Waals surface area (Å²) in [5.74, 6) is -3.68. The van der Waals surface area contributed by atoms with Crippen LogP contribution in [0.1, 0.15) is 46.0 Å². The molecule has 0 radical (unpaired) electrons. The van der Waals surface area contributed by atoms with Crippen LogP contribution >= 0.6 is 0 Å². The highest BCUT2D eigenvalue weighted by atomic mass is 19.3.